The Morgan fingerprint density at radius 3 is 2.46 bits per heavy atom. The van der Waals surface area contributed by atoms with E-state index in [2.05, 4.69) is 26.1 Å². The number of carboxylic acid groups (broad SMARTS) is 1. The van der Waals surface area contributed by atoms with E-state index in [0.29, 0.717) is 30.4 Å². The van der Waals surface area contributed by atoms with E-state index < -0.39 is 11.9 Å². The van der Waals surface area contributed by atoms with E-state index in [9.17, 15) is 14.7 Å². The summed E-state index contributed by atoms with van der Waals surface area (Å²) in [4.78, 5) is 23.6. The van der Waals surface area contributed by atoms with Crippen LogP contribution in [0.25, 0.3) is 0 Å². The van der Waals surface area contributed by atoms with Gasteiger partial charge in [0.25, 0.3) is 0 Å². The Balaban J connectivity index is 2.64. The molecule has 0 aliphatic carbocycles. The molecule has 2 unspecified atom stereocenters. The van der Waals surface area contributed by atoms with Crippen LogP contribution < -0.4 is 10.1 Å². The zero-order valence-corrected chi connectivity index (χ0v) is 15.0. The third-order valence-electron chi connectivity index (χ3n) is 4.47. The average Bonchev–Trinajstić information content (AvgIpc) is 2.56. The molecule has 0 radical (unpaired) electrons. The molecule has 134 valence electrons. The summed E-state index contributed by atoms with van der Waals surface area (Å²) in [5.74, 6) is -0.253. The number of para-hydroxylation sites is 1. The maximum absolute atomic E-state index is 12.1. The molecule has 0 aromatic heterocycles. The number of hydrogen-bond donors (Lipinski definition) is 2. The number of benzene rings is 1. The van der Waals surface area contributed by atoms with Gasteiger partial charge in [-0.15, -0.1) is 0 Å². The number of ether oxygens (including phenoxy) is 1. The first-order valence-electron chi connectivity index (χ1n) is 8.50. The third-order valence-corrected chi connectivity index (χ3v) is 4.47. The molecule has 5 heteroatoms. The van der Waals surface area contributed by atoms with Crippen molar-refractivity contribution < 1.29 is 19.4 Å². The van der Waals surface area contributed by atoms with Crippen LogP contribution in [0, 0.1) is 17.8 Å². The standard InChI is InChI=1S/C19H29NO4/c1-5-14(13(2)3)11-18(21)20-12-16(19(22)23)10-15-8-6-7-9-17(15)24-4/h6-9,13-14,16H,5,10-12H2,1-4H3,(H,20,21)(H,22,23). The van der Waals surface area contributed by atoms with Crippen LogP contribution in [0.2, 0.25) is 0 Å². The van der Waals surface area contributed by atoms with Crippen LogP contribution >= 0.6 is 0 Å². The van der Waals surface area contributed by atoms with E-state index in [1.54, 1.807) is 13.2 Å². The SMILES string of the molecule is CCC(CC(=O)NCC(Cc1ccccc1OC)C(=O)O)C(C)C. The van der Waals surface area contributed by atoms with Gasteiger partial charge in [-0.3, -0.25) is 9.59 Å². The fourth-order valence-corrected chi connectivity index (χ4v) is 2.78. The van der Waals surface area contributed by atoms with E-state index >= 15 is 0 Å². The summed E-state index contributed by atoms with van der Waals surface area (Å²) >= 11 is 0. The van der Waals surface area contributed by atoms with Gasteiger partial charge in [0.1, 0.15) is 5.75 Å². The fourth-order valence-electron chi connectivity index (χ4n) is 2.78. The van der Waals surface area contributed by atoms with Crippen LogP contribution in [-0.4, -0.2) is 30.6 Å². The summed E-state index contributed by atoms with van der Waals surface area (Å²) in [5.41, 5.74) is 0.829. The van der Waals surface area contributed by atoms with E-state index in [-0.39, 0.29) is 12.5 Å². The number of carbonyl (C=O) groups excluding carboxylic acids is 1. The highest BCUT2D eigenvalue weighted by atomic mass is 16.5. The van der Waals surface area contributed by atoms with Crippen molar-refractivity contribution in [2.75, 3.05) is 13.7 Å². The van der Waals surface area contributed by atoms with Gasteiger partial charge in [0.2, 0.25) is 5.91 Å². The van der Waals surface area contributed by atoms with Crippen molar-refractivity contribution in [3.8, 4) is 5.75 Å². The molecule has 24 heavy (non-hydrogen) atoms. The minimum absolute atomic E-state index is 0.0816. The van der Waals surface area contributed by atoms with Crippen LogP contribution in [0.3, 0.4) is 0 Å². The second-order valence-corrected chi connectivity index (χ2v) is 6.47. The maximum Gasteiger partial charge on any atom is 0.308 e. The van der Waals surface area contributed by atoms with Crippen molar-refractivity contribution in [2.24, 2.45) is 17.8 Å². The van der Waals surface area contributed by atoms with Crippen LogP contribution in [0.1, 0.15) is 39.2 Å². The summed E-state index contributed by atoms with van der Waals surface area (Å²) in [7, 11) is 1.56. The number of rotatable bonds is 10. The van der Waals surface area contributed by atoms with Gasteiger partial charge in [-0.1, -0.05) is 45.4 Å². The molecule has 0 fully saturated rings. The summed E-state index contributed by atoms with van der Waals surface area (Å²) in [6, 6.07) is 7.35. The van der Waals surface area contributed by atoms with Crippen molar-refractivity contribution in [2.45, 2.75) is 40.0 Å². The van der Waals surface area contributed by atoms with Crippen molar-refractivity contribution in [1.82, 2.24) is 5.32 Å². The Labute approximate surface area is 144 Å². The lowest BCUT2D eigenvalue weighted by Crippen LogP contribution is -2.35. The molecule has 0 bridgehead atoms. The molecule has 1 aromatic carbocycles. The second-order valence-electron chi connectivity index (χ2n) is 6.47. The summed E-state index contributed by atoms with van der Waals surface area (Å²) < 4.78 is 5.26. The van der Waals surface area contributed by atoms with Crippen LogP contribution in [0.5, 0.6) is 5.75 Å². The lowest BCUT2D eigenvalue weighted by Gasteiger charge is -2.20. The Kier molecular flexibility index (Phi) is 8.30. The van der Waals surface area contributed by atoms with Crippen LogP contribution in [0.4, 0.5) is 0 Å². The number of aliphatic carboxylic acids is 1. The zero-order valence-electron chi connectivity index (χ0n) is 15.0. The minimum atomic E-state index is -0.919. The predicted molar refractivity (Wildman–Crippen MR) is 94.1 cm³/mol. The summed E-state index contributed by atoms with van der Waals surface area (Å²) in [5, 5.41) is 12.2. The van der Waals surface area contributed by atoms with E-state index in [1.807, 2.05) is 18.2 Å². The van der Waals surface area contributed by atoms with Gasteiger partial charge in [0, 0.05) is 13.0 Å². The topological polar surface area (TPSA) is 75.6 Å². The lowest BCUT2D eigenvalue weighted by molar-refractivity contribution is -0.141. The number of carbonyl (C=O) groups is 2. The molecule has 0 aliphatic rings. The molecule has 1 rings (SSSR count). The van der Waals surface area contributed by atoms with E-state index in [4.69, 9.17) is 4.74 Å². The number of hydrogen-bond acceptors (Lipinski definition) is 3. The highest BCUT2D eigenvalue weighted by Crippen LogP contribution is 2.21. The maximum atomic E-state index is 12.1. The van der Waals surface area contributed by atoms with Gasteiger partial charge < -0.3 is 15.2 Å². The number of methoxy groups -OCH3 is 1. The van der Waals surface area contributed by atoms with E-state index in [1.165, 1.54) is 0 Å². The minimum Gasteiger partial charge on any atom is -0.496 e. The highest BCUT2D eigenvalue weighted by Gasteiger charge is 2.22. The highest BCUT2D eigenvalue weighted by molar-refractivity contribution is 5.77. The molecule has 1 amide bonds. The molecular weight excluding hydrogens is 306 g/mol. The Hall–Kier alpha value is -2.04. The smallest absolute Gasteiger partial charge is 0.308 e. The molecule has 2 atom stereocenters. The van der Waals surface area contributed by atoms with Crippen molar-refractivity contribution >= 4 is 11.9 Å². The Morgan fingerprint density at radius 2 is 1.92 bits per heavy atom. The largest absolute Gasteiger partial charge is 0.496 e. The molecule has 0 saturated heterocycles. The Morgan fingerprint density at radius 1 is 1.25 bits per heavy atom. The van der Waals surface area contributed by atoms with Gasteiger partial charge in [-0.2, -0.15) is 0 Å². The third kappa shape index (κ3) is 6.22. The first-order valence-corrected chi connectivity index (χ1v) is 8.50. The van der Waals surface area contributed by atoms with Gasteiger partial charge in [-0.05, 0) is 29.9 Å². The van der Waals surface area contributed by atoms with Crippen LogP contribution in [0.15, 0.2) is 24.3 Å². The normalized spacial score (nSPS) is 13.4. The van der Waals surface area contributed by atoms with Crippen molar-refractivity contribution in [1.29, 1.82) is 0 Å². The van der Waals surface area contributed by atoms with E-state index in [0.717, 1.165) is 12.0 Å². The van der Waals surface area contributed by atoms with Gasteiger partial charge in [0.15, 0.2) is 0 Å². The first kappa shape index (κ1) is 20.0. The molecule has 0 heterocycles. The first-order chi connectivity index (χ1) is 11.4. The molecule has 0 spiro atoms. The quantitative estimate of drug-likeness (QED) is 0.689. The summed E-state index contributed by atoms with van der Waals surface area (Å²) in [6.45, 7) is 6.40. The molecule has 0 aliphatic heterocycles. The predicted octanol–water partition coefficient (Wildman–Crippen LogP) is 3.13. The molecule has 0 saturated carbocycles. The van der Waals surface area contributed by atoms with Crippen molar-refractivity contribution in [3.05, 3.63) is 29.8 Å². The number of nitrogens with one attached hydrogen (secondary N) is 1. The van der Waals surface area contributed by atoms with Crippen LogP contribution in [-0.2, 0) is 16.0 Å². The number of carboxylic acids is 1. The fraction of sp³-hybridized carbons (Fsp3) is 0.579. The number of amides is 1. The van der Waals surface area contributed by atoms with Gasteiger partial charge in [-0.25, -0.2) is 0 Å². The van der Waals surface area contributed by atoms with Gasteiger partial charge in [0.05, 0.1) is 13.0 Å². The molecule has 1 aromatic rings. The molecule has 2 N–H and O–H groups in total. The monoisotopic (exact) mass is 335 g/mol. The lowest BCUT2D eigenvalue weighted by atomic mass is 9.90. The molecular formula is C19H29NO4. The molecule has 5 nitrogen and oxygen atoms in total. The summed E-state index contributed by atoms with van der Waals surface area (Å²) in [6.07, 6.45) is 1.70. The van der Waals surface area contributed by atoms with Gasteiger partial charge >= 0.3 is 5.97 Å². The second kappa shape index (κ2) is 9.96. The Bertz CT molecular complexity index is 542. The zero-order chi connectivity index (χ0) is 18.1. The van der Waals surface area contributed by atoms with Crippen molar-refractivity contribution in [3.63, 3.8) is 0 Å². The average molecular weight is 335 g/mol.